The molecule has 1 aromatic carbocycles. The number of carboxylic acids is 2. The van der Waals surface area contributed by atoms with Gasteiger partial charge < -0.3 is 20.3 Å². The molecule has 1 aromatic rings. The first-order valence-electron chi connectivity index (χ1n) is 19.4. The van der Waals surface area contributed by atoms with Gasteiger partial charge in [0.15, 0.2) is 0 Å². The molecule has 9 heteroatoms. The van der Waals surface area contributed by atoms with Gasteiger partial charge in [0.05, 0.1) is 28.5 Å². The van der Waals surface area contributed by atoms with Gasteiger partial charge in [0.1, 0.15) is 11.9 Å². The molecule has 6 rings (SSSR count). The van der Waals surface area contributed by atoms with Crippen molar-refractivity contribution in [3.8, 4) is 0 Å². The Morgan fingerprint density at radius 1 is 0.904 bits per heavy atom. The lowest BCUT2D eigenvalue weighted by atomic mass is 9.34. The monoisotopic (exact) mass is 717 g/mol. The number of aromatic carboxylic acids is 1. The second kappa shape index (κ2) is 12.5. The number of esters is 1. The summed E-state index contributed by atoms with van der Waals surface area (Å²) in [4.78, 5) is 64.8. The maximum atomic E-state index is 14.0. The highest BCUT2D eigenvalue weighted by atomic mass is 16.5. The van der Waals surface area contributed by atoms with Crippen LogP contribution in [0.4, 0.5) is 0 Å². The number of hydrogen-bond donors (Lipinski definition) is 3. The minimum Gasteiger partial charge on any atom is -0.481 e. The second-order valence-corrected chi connectivity index (χ2v) is 19.3. The fraction of sp³-hybridized carbons (Fsp3) is 0.698. The van der Waals surface area contributed by atoms with Crippen LogP contribution in [0.3, 0.4) is 0 Å². The van der Waals surface area contributed by atoms with Gasteiger partial charge in [0.2, 0.25) is 0 Å². The van der Waals surface area contributed by atoms with Gasteiger partial charge >= 0.3 is 17.9 Å². The summed E-state index contributed by atoms with van der Waals surface area (Å²) in [6.45, 7) is 19.1. The molecular formula is C43H59NO8. The number of hydrogen-bond acceptors (Lipinski definition) is 6. The summed E-state index contributed by atoms with van der Waals surface area (Å²) in [5.74, 6) is -2.46. The van der Waals surface area contributed by atoms with Crippen molar-refractivity contribution in [2.24, 2.45) is 50.7 Å². The van der Waals surface area contributed by atoms with E-state index in [0.717, 1.165) is 50.5 Å². The number of carbonyl (C=O) groups is 5. The largest absolute Gasteiger partial charge is 0.481 e. The Hall–Kier alpha value is -3.49. The van der Waals surface area contributed by atoms with Gasteiger partial charge in [-0.1, -0.05) is 66.2 Å². The number of benzene rings is 1. The first-order chi connectivity index (χ1) is 24.1. The van der Waals surface area contributed by atoms with Crippen LogP contribution < -0.4 is 5.32 Å². The molecule has 0 bridgehead atoms. The van der Waals surface area contributed by atoms with Crippen LogP contribution in [0, 0.1) is 50.7 Å². The molecule has 9 nitrogen and oxygen atoms in total. The van der Waals surface area contributed by atoms with Gasteiger partial charge in [0, 0.05) is 17.8 Å². The number of rotatable bonds is 8. The highest BCUT2D eigenvalue weighted by Gasteiger charge is 2.69. The third-order valence-corrected chi connectivity index (χ3v) is 15.5. The van der Waals surface area contributed by atoms with E-state index in [1.807, 2.05) is 0 Å². The second-order valence-electron chi connectivity index (χ2n) is 19.3. The molecule has 5 aliphatic carbocycles. The molecule has 284 valence electrons. The topological polar surface area (TPSA) is 147 Å². The van der Waals surface area contributed by atoms with Gasteiger partial charge in [-0.05, 0) is 117 Å². The van der Waals surface area contributed by atoms with E-state index in [1.165, 1.54) is 11.6 Å². The molecule has 52 heavy (non-hydrogen) atoms. The van der Waals surface area contributed by atoms with E-state index in [0.29, 0.717) is 18.3 Å². The number of nitrogens with one attached hydrogen (secondary N) is 1. The molecule has 0 spiro atoms. The van der Waals surface area contributed by atoms with E-state index in [4.69, 9.17) is 4.74 Å². The summed E-state index contributed by atoms with van der Waals surface area (Å²) in [6.07, 6.45) is 6.64. The minimum absolute atomic E-state index is 0.00874. The quantitative estimate of drug-likeness (QED) is 0.180. The predicted octanol–water partition coefficient (Wildman–Crippen LogP) is 8.26. The Bertz CT molecular complexity index is 1740. The molecular weight excluding hydrogens is 658 g/mol. The Labute approximate surface area is 308 Å². The number of allylic oxidation sites excluding steroid dienone is 1. The molecule has 3 N–H and O–H groups in total. The van der Waals surface area contributed by atoms with E-state index in [1.54, 1.807) is 32.0 Å². The standard InChI is InChI=1S/C43H59NO8/c1-24(2)33-28(45)22-43(44-35(47)25-12-10-11-13-26(25)36(48)49)21-20-41(8)27(34(33)43)14-15-30-40(7)18-17-31(52-32(46)23-38(3,4)37(50)51)39(5,6)29(40)16-19-42(30,41)9/h10-13,24,29-31,33H,14-23H2,1-9H3,(H,44,47)(H,48,49)(H,50,51)/t29?,30?,31-,33?,40-,41+,42+,43+/m0/s1. The highest BCUT2D eigenvalue weighted by Crippen LogP contribution is 2.75. The molecule has 0 aliphatic heterocycles. The first kappa shape index (κ1) is 38.2. The van der Waals surface area contributed by atoms with Crippen LogP contribution >= 0.6 is 0 Å². The fourth-order valence-electron chi connectivity index (χ4n) is 12.6. The van der Waals surface area contributed by atoms with Crippen LogP contribution in [-0.2, 0) is 19.1 Å². The molecule has 0 saturated heterocycles. The number of ketones is 1. The number of carboxylic acid groups (broad SMARTS) is 2. The molecule has 4 saturated carbocycles. The SMILES string of the molecule is CC(C)C1C(=O)C[C@]2(NC(=O)c3ccccc3C(=O)O)CC[C@]3(C)C(=C12)CCC1[C@@]2(C)CC[C@H](OC(=O)CC(C)(C)C(=O)O)C(C)(C)C2CC[C@]13C. The Morgan fingerprint density at radius 2 is 1.56 bits per heavy atom. The van der Waals surface area contributed by atoms with E-state index in [-0.39, 0.29) is 69.4 Å². The predicted molar refractivity (Wildman–Crippen MR) is 197 cm³/mol. The summed E-state index contributed by atoms with van der Waals surface area (Å²) in [5, 5.41) is 22.7. The number of amides is 1. The van der Waals surface area contributed by atoms with Gasteiger partial charge in [-0.3, -0.25) is 19.2 Å². The molecule has 0 radical (unpaired) electrons. The van der Waals surface area contributed by atoms with Crippen LogP contribution in [0.15, 0.2) is 35.4 Å². The Balaban J connectivity index is 1.34. The van der Waals surface area contributed by atoms with Crippen LogP contribution in [-0.4, -0.2) is 51.5 Å². The smallest absolute Gasteiger partial charge is 0.336 e. The molecule has 4 fully saturated rings. The van der Waals surface area contributed by atoms with Crippen LogP contribution in [0.1, 0.15) is 147 Å². The number of ether oxygens (including phenoxy) is 1. The number of fused-ring (bicyclic) bond motifs is 6. The normalized spacial score (nSPS) is 36.6. The number of carbonyl (C=O) groups excluding carboxylic acids is 3. The molecule has 5 aliphatic rings. The Kier molecular flexibility index (Phi) is 9.23. The summed E-state index contributed by atoms with van der Waals surface area (Å²) in [7, 11) is 0. The first-order valence-corrected chi connectivity index (χ1v) is 19.4. The third kappa shape index (κ3) is 5.57. The van der Waals surface area contributed by atoms with E-state index < -0.39 is 34.8 Å². The average molecular weight is 718 g/mol. The number of Topliss-reactive ketones (excluding diaryl/α,β-unsaturated/α-hetero) is 1. The van der Waals surface area contributed by atoms with Gasteiger partial charge in [-0.25, -0.2) is 4.79 Å². The summed E-state index contributed by atoms with van der Waals surface area (Å²) >= 11 is 0. The molecule has 0 heterocycles. The van der Waals surface area contributed by atoms with E-state index in [9.17, 15) is 34.2 Å². The number of aliphatic carboxylic acids is 1. The Morgan fingerprint density at radius 3 is 2.17 bits per heavy atom. The van der Waals surface area contributed by atoms with Crippen molar-refractivity contribution in [3.05, 3.63) is 46.5 Å². The summed E-state index contributed by atoms with van der Waals surface area (Å²) in [5.41, 5.74) is -0.113. The maximum Gasteiger partial charge on any atom is 0.336 e. The summed E-state index contributed by atoms with van der Waals surface area (Å²) in [6, 6.07) is 6.28. The third-order valence-electron chi connectivity index (χ3n) is 15.5. The zero-order valence-corrected chi connectivity index (χ0v) is 32.6. The maximum absolute atomic E-state index is 14.0. The highest BCUT2D eigenvalue weighted by molar-refractivity contribution is 6.06. The van der Waals surface area contributed by atoms with Crippen molar-refractivity contribution >= 4 is 29.6 Å². The fourth-order valence-corrected chi connectivity index (χ4v) is 12.6. The van der Waals surface area contributed by atoms with Gasteiger partial charge in [-0.15, -0.1) is 0 Å². The van der Waals surface area contributed by atoms with Crippen LogP contribution in [0.2, 0.25) is 0 Å². The molecule has 3 unspecified atom stereocenters. The lowest BCUT2D eigenvalue weighted by molar-refractivity contribution is -0.214. The van der Waals surface area contributed by atoms with Crippen LogP contribution in [0.25, 0.3) is 0 Å². The van der Waals surface area contributed by atoms with Crippen molar-refractivity contribution in [1.29, 1.82) is 0 Å². The van der Waals surface area contributed by atoms with Crippen molar-refractivity contribution in [1.82, 2.24) is 5.32 Å². The van der Waals surface area contributed by atoms with Gasteiger partial charge in [0.25, 0.3) is 5.91 Å². The van der Waals surface area contributed by atoms with E-state index >= 15 is 0 Å². The zero-order valence-electron chi connectivity index (χ0n) is 32.6. The van der Waals surface area contributed by atoms with Crippen molar-refractivity contribution in [2.45, 2.75) is 138 Å². The molecule has 0 aromatic heterocycles. The summed E-state index contributed by atoms with van der Waals surface area (Å²) < 4.78 is 6.13. The minimum atomic E-state index is -1.19. The van der Waals surface area contributed by atoms with Crippen LogP contribution in [0.5, 0.6) is 0 Å². The average Bonchev–Trinajstić information content (AvgIpc) is 3.34. The molecule has 1 amide bonds. The van der Waals surface area contributed by atoms with Gasteiger partial charge in [-0.2, -0.15) is 0 Å². The van der Waals surface area contributed by atoms with Crippen molar-refractivity contribution in [2.75, 3.05) is 0 Å². The van der Waals surface area contributed by atoms with Crippen molar-refractivity contribution in [3.63, 3.8) is 0 Å². The zero-order chi connectivity index (χ0) is 38.4. The lowest BCUT2D eigenvalue weighted by Gasteiger charge is -2.70. The van der Waals surface area contributed by atoms with E-state index in [2.05, 4.69) is 53.8 Å². The van der Waals surface area contributed by atoms with Crippen molar-refractivity contribution < 1.29 is 38.9 Å². The molecule has 8 atom stereocenters. The lowest BCUT2D eigenvalue weighted by Crippen LogP contribution is -2.65.